The van der Waals surface area contributed by atoms with E-state index in [0.717, 1.165) is 10.7 Å². The number of hydrogen-bond donors (Lipinski definition) is 1. The van der Waals surface area contributed by atoms with Crippen LogP contribution in [0.4, 0.5) is 5.82 Å². The van der Waals surface area contributed by atoms with Crippen molar-refractivity contribution in [2.75, 3.05) is 5.32 Å². The first-order valence-electron chi connectivity index (χ1n) is 5.08. The van der Waals surface area contributed by atoms with Gasteiger partial charge in [-0.25, -0.2) is 9.97 Å². The standard InChI is InChI=1S/C11H9Cl2N3OS/c12-5-7-6-18-10(15-7)4-9(17)16-11-8(13)2-1-3-14-11/h1-3,6H,4-5H2,(H,14,16,17). The van der Waals surface area contributed by atoms with E-state index in [-0.39, 0.29) is 12.3 Å². The van der Waals surface area contributed by atoms with Gasteiger partial charge in [-0.2, -0.15) is 0 Å². The Morgan fingerprint density at radius 2 is 2.33 bits per heavy atom. The van der Waals surface area contributed by atoms with E-state index >= 15 is 0 Å². The molecule has 7 heteroatoms. The minimum atomic E-state index is -0.203. The van der Waals surface area contributed by atoms with Crippen molar-refractivity contribution in [2.45, 2.75) is 12.3 Å². The van der Waals surface area contributed by atoms with Crippen molar-refractivity contribution in [1.82, 2.24) is 9.97 Å². The maximum absolute atomic E-state index is 11.8. The highest BCUT2D eigenvalue weighted by molar-refractivity contribution is 7.09. The average molecular weight is 302 g/mol. The fourth-order valence-electron chi connectivity index (χ4n) is 1.28. The van der Waals surface area contributed by atoms with Gasteiger partial charge in [0.1, 0.15) is 5.01 Å². The molecule has 0 fully saturated rings. The van der Waals surface area contributed by atoms with Gasteiger partial charge >= 0.3 is 0 Å². The quantitative estimate of drug-likeness (QED) is 0.883. The van der Waals surface area contributed by atoms with E-state index in [4.69, 9.17) is 23.2 Å². The van der Waals surface area contributed by atoms with Crippen molar-refractivity contribution in [2.24, 2.45) is 0 Å². The molecule has 0 saturated heterocycles. The Morgan fingerprint density at radius 1 is 1.50 bits per heavy atom. The summed E-state index contributed by atoms with van der Waals surface area (Å²) < 4.78 is 0. The molecule has 0 aliphatic heterocycles. The molecule has 4 nitrogen and oxygen atoms in total. The van der Waals surface area contributed by atoms with Gasteiger partial charge in [-0.1, -0.05) is 11.6 Å². The molecule has 0 atom stereocenters. The summed E-state index contributed by atoms with van der Waals surface area (Å²) in [6.07, 6.45) is 1.75. The van der Waals surface area contributed by atoms with Gasteiger partial charge in [-0.3, -0.25) is 4.79 Å². The van der Waals surface area contributed by atoms with Gasteiger partial charge in [-0.05, 0) is 12.1 Å². The molecule has 0 bridgehead atoms. The first-order valence-corrected chi connectivity index (χ1v) is 6.88. The van der Waals surface area contributed by atoms with Crippen LogP contribution in [0.25, 0.3) is 0 Å². The lowest BCUT2D eigenvalue weighted by Gasteiger charge is -2.04. The number of carbonyl (C=O) groups is 1. The molecule has 0 radical (unpaired) electrons. The number of nitrogens with one attached hydrogen (secondary N) is 1. The zero-order valence-electron chi connectivity index (χ0n) is 9.19. The lowest BCUT2D eigenvalue weighted by Crippen LogP contribution is -2.15. The smallest absolute Gasteiger partial charge is 0.232 e. The number of nitrogens with zero attached hydrogens (tertiary/aromatic N) is 2. The first-order chi connectivity index (χ1) is 8.69. The molecular weight excluding hydrogens is 293 g/mol. The molecule has 2 aromatic rings. The number of aromatic nitrogens is 2. The van der Waals surface area contributed by atoms with Crippen molar-refractivity contribution in [1.29, 1.82) is 0 Å². The lowest BCUT2D eigenvalue weighted by molar-refractivity contribution is -0.115. The summed E-state index contributed by atoms with van der Waals surface area (Å²) in [4.78, 5) is 19.9. The molecule has 94 valence electrons. The molecular formula is C11H9Cl2N3OS. The van der Waals surface area contributed by atoms with Crippen molar-refractivity contribution >= 4 is 46.3 Å². The number of rotatable bonds is 4. The summed E-state index contributed by atoms with van der Waals surface area (Å²) in [6.45, 7) is 0. The largest absolute Gasteiger partial charge is 0.309 e. The Bertz CT molecular complexity index is 559. The normalized spacial score (nSPS) is 10.3. The molecule has 2 heterocycles. The number of thiazole rings is 1. The van der Waals surface area contributed by atoms with Crippen molar-refractivity contribution in [3.05, 3.63) is 39.4 Å². The van der Waals surface area contributed by atoms with Crippen LogP contribution in [0.15, 0.2) is 23.7 Å². The average Bonchev–Trinajstić information content (AvgIpc) is 2.80. The van der Waals surface area contributed by atoms with Crippen molar-refractivity contribution < 1.29 is 4.79 Å². The molecule has 2 rings (SSSR count). The van der Waals surface area contributed by atoms with E-state index < -0.39 is 0 Å². The number of pyridine rings is 1. The number of alkyl halides is 1. The summed E-state index contributed by atoms with van der Waals surface area (Å²) in [6, 6.07) is 3.37. The van der Waals surface area contributed by atoms with Crippen LogP contribution >= 0.6 is 34.5 Å². The molecule has 0 aromatic carbocycles. The Hall–Kier alpha value is -1.17. The second-order valence-electron chi connectivity index (χ2n) is 3.42. The Morgan fingerprint density at radius 3 is 3.00 bits per heavy atom. The molecule has 1 amide bonds. The molecule has 18 heavy (non-hydrogen) atoms. The minimum Gasteiger partial charge on any atom is -0.309 e. The third-order valence-corrected chi connectivity index (χ3v) is 3.54. The first kappa shape index (κ1) is 13.3. The van der Waals surface area contributed by atoms with Crippen LogP contribution in [0.5, 0.6) is 0 Å². The van der Waals surface area contributed by atoms with Gasteiger partial charge in [0, 0.05) is 11.6 Å². The predicted molar refractivity (Wildman–Crippen MR) is 73.3 cm³/mol. The summed E-state index contributed by atoms with van der Waals surface area (Å²) in [7, 11) is 0. The molecule has 0 saturated carbocycles. The number of amides is 1. The van der Waals surface area contributed by atoms with Crippen molar-refractivity contribution in [3.63, 3.8) is 0 Å². The Kier molecular flexibility index (Phi) is 4.52. The summed E-state index contributed by atoms with van der Waals surface area (Å²) >= 11 is 12.9. The molecule has 0 spiro atoms. The summed E-state index contributed by atoms with van der Waals surface area (Å²) in [5, 5.41) is 5.60. The molecule has 0 aliphatic carbocycles. The van der Waals surface area contributed by atoms with E-state index in [0.29, 0.717) is 16.7 Å². The minimum absolute atomic E-state index is 0.189. The third kappa shape index (κ3) is 3.41. The van der Waals surface area contributed by atoms with Crippen LogP contribution < -0.4 is 5.32 Å². The van der Waals surface area contributed by atoms with Gasteiger partial charge in [0.15, 0.2) is 5.82 Å². The second-order valence-corrected chi connectivity index (χ2v) is 5.04. The van der Waals surface area contributed by atoms with Crippen LogP contribution in [0.1, 0.15) is 10.7 Å². The van der Waals surface area contributed by atoms with Crippen LogP contribution in [-0.2, 0) is 17.1 Å². The lowest BCUT2D eigenvalue weighted by atomic mass is 10.4. The Labute approximate surface area is 118 Å². The van der Waals surface area contributed by atoms with E-state index in [9.17, 15) is 4.79 Å². The van der Waals surface area contributed by atoms with Gasteiger partial charge in [-0.15, -0.1) is 22.9 Å². The van der Waals surface area contributed by atoms with E-state index in [1.165, 1.54) is 11.3 Å². The van der Waals surface area contributed by atoms with Crippen LogP contribution in [-0.4, -0.2) is 15.9 Å². The number of halogens is 2. The summed E-state index contributed by atoms with van der Waals surface area (Å²) in [5.41, 5.74) is 0.778. The van der Waals surface area contributed by atoms with Crippen LogP contribution in [0.2, 0.25) is 5.02 Å². The molecule has 2 aromatic heterocycles. The predicted octanol–water partition coefficient (Wildman–Crippen LogP) is 3.11. The van der Waals surface area contributed by atoms with E-state index in [1.54, 1.807) is 18.3 Å². The zero-order valence-corrected chi connectivity index (χ0v) is 11.5. The van der Waals surface area contributed by atoms with Crippen molar-refractivity contribution in [3.8, 4) is 0 Å². The maximum atomic E-state index is 11.8. The second kappa shape index (κ2) is 6.13. The molecule has 0 unspecified atom stereocenters. The highest BCUT2D eigenvalue weighted by Gasteiger charge is 2.10. The topological polar surface area (TPSA) is 54.9 Å². The van der Waals surface area contributed by atoms with E-state index in [1.807, 2.05) is 5.38 Å². The van der Waals surface area contributed by atoms with Gasteiger partial charge in [0.2, 0.25) is 5.91 Å². The van der Waals surface area contributed by atoms with Gasteiger partial charge < -0.3 is 5.32 Å². The zero-order chi connectivity index (χ0) is 13.0. The van der Waals surface area contributed by atoms with Crippen LogP contribution in [0, 0.1) is 0 Å². The summed E-state index contributed by atoms with van der Waals surface area (Å²) in [5.74, 6) is 0.508. The number of hydrogen-bond acceptors (Lipinski definition) is 4. The highest BCUT2D eigenvalue weighted by Crippen LogP contribution is 2.18. The Balaban J connectivity index is 1.99. The SMILES string of the molecule is O=C(Cc1nc(CCl)cs1)Nc1ncccc1Cl. The highest BCUT2D eigenvalue weighted by atomic mass is 35.5. The molecule has 1 N–H and O–H groups in total. The fraction of sp³-hybridized carbons (Fsp3) is 0.182. The van der Waals surface area contributed by atoms with Crippen LogP contribution in [0.3, 0.4) is 0 Å². The third-order valence-electron chi connectivity index (χ3n) is 2.06. The van der Waals surface area contributed by atoms with E-state index in [2.05, 4.69) is 15.3 Å². The van der Waals surface area contributed by atoms with Gasteiger partial charge in [0.25, 0.3) is 0 Å². The maximum Gasteiger partial charge on any atom is 0.232 e. The fourth-order valence-corrected chi connectivity index (χ4v) is 2.47. The van der Waals surface area contributed by atoms with Gasteiger partial charge in [0.05, 0.1) is 23.0 Å². The number of anilines is 1. The molecule has 0 aliphatic rings. The number of carbonyl (C=O) groups excluding carboxylic acids is 1. The monoisotopic (exact) mass is 301 g/mol.